The number of rotatable bonds is 8. The summed E-state index contributed by atoms with van der Waals surface area (Å²) >= 11 is 0. The number of ether oxygens (including phenoxy) is 2. The van der Waals surface area contributed by atoms with Crippen molar-refractivity contribution in [1.82, 2.24) is 10.2 Å². The van der Waals surface area contributed by atoms with Gasteiger partial charge < -0.3 is 14.8 Å². The first-order valence-electron chi connectivity index (χ1n) is 7.36. The van der Waals surface area contributed by atoms with Gasteiger partial charge in [-0.2, -0.15) is 0 Å². The van der Waals surface area contributed by atoms with E-state index in [1.807, 2.05) is 0 Å². The molecule has 112 valence electrons. The van der Waals surface area contributed by atoms with Gasteiger partial charge in [-0.25, -0.2) is 0 Å². The Balaban J connectivity index is 1.99. The lowest BCUT2D eigenvalue weighted by Crippen LogP contribution is -2.41. The van der Waals surface area contributed by atoms with Crippen molar-refractivity contribution >= 4 is 0 Å². The molecule has 1 unspecified atom stereocenters. The SMILES string of the molecule is COCCN(CCOC)CC1NCCc2ccccc21. The lowest BCUT2D eigenvalue weighted by atomic mass is 9.94. The maximum atomic E-state index is 5.21. The molecule has 20 heavy (non-hydrogen) atoms. The van der Waals surface area contributed by atoms with Crippen LogP contribution in [0.4, 0.5) is 0 Å². The maximum absolute atomic E-state index is 5.21. The van der Waals surface area contributed by atoms with Gasteiger partial charge in [-0.1, -0.05) is 24.3 Å². The summed E-state index contributed by atoms with van der Waals surface area (Å²) in [5, 5.41) is 3.64. The Morgan fingerprint density at radius 1 is 1.15 bits per heavy atom. The van der Waals surface area contributed by atoms with Gasteiger partial charge in [0.05, 0.1) is 13.2 Å². The third-order valence-electron chi connectivity index (χ3n) is 3.88. The van der Waals surface area contributed by atoms with Crippen LogP contribution < -0.4 is 5.32 Å². The average molecular weight is 278 g/mol. The van der Waals surface area contributed by atoms with Gasteiger partial charge in [0.25, 0.3) is 0 Å². The molecule has 0 fully saturated rings. The van der Waals surface area contributed by atoms with Crippen LogP contribution >= 0.6 is 0 Å². The molecule has 0 bridgehead atoms. The fourth-order valence-electron chi connectivity index (χ4n) is 2.75. The summed E-state index contributed by atoms with van der Waals surface area (Å²) in [5.74, 6) is 0. The molecular weight excluding hydrogens is 252 g/mol. The quantitative estimate of drug-likeness (QED) is 0.781. The van der Waals surface area contributed by atoms with Crippen LogP contribution in [0.1, 0.15) is 17.2 Å². The molecule has 1 aliphatic heterocycles. The number of benzene rings is 1. The highest BCUT2D eigenvalue weighted by Crippen LogP contribution is 2.23. The second-order valence-corrected chi connectivity index (χ2v) is 5.24. The van der Waals surface area contributed by atoms with Crippen LogP contribution in [-0.4, -0.2) is 58.5 Å². The first-order valence-corrected chi connectivity index (χ1v) is 7.36. The van der Waals surface area contributed by atoms with Crippen molar-refractivity contribution in [3.8, 4) is 0 Å². The van der Waals surface area contributed by atoms with E-state index in [1.165, 1.54) is 11.1 Å². The van der Waals surface area contributed by atoms with Crippen molar-refractivity contribution in [3.63, 3.8) is 0 Å². The highest BCUT2D eigenvalue weighted by Gasteiger charge is 2.21. The summed E-state index contributed by atoms with van der Waals surface area (Å²) in [6, 6.07) is 9.17. The molecule has 1 atom stereocenters. The van der Waals surface area contributed by atoms with Crippen LogP contribution in [0.3, 0.4) is 0 Å². The van der Waals surface area contributed by atoms with Gasteiger partial charge in [0.15, 0.2) is 0 Å². The summed E-state index contributed by atoms with van der Waals surface area (Å²) < 4.78 is 10.4. The van der Waals surface area contributed by atoms with E-state index in [1.54, 1.807) is 14.2 Å². The summed E-state index contributed by atoms with van der Waals surface area (Å²) in [7, 11) is 3.51. The minimum atomic E-state index is 0.411. The van der Waals surface area contributed by atoms with E-state index in [0.717, 1.165) is 45.8 Å². The molecule has 0 radical (unpaired) electrons. The van der Waals surface area contributed by atoms with Crippen molar-refractivity contribution in [1.29, 1.82) is 0 Å². The molecule has 1 aliphatic rings. The number of hydrogen-bond acceptors (Lipinski definition) is 4. The topological polar surface area (TPSA) is 33.7 Å². The van der Waals surface area contributed by atoms with Gasteiger partial charge in [-0.3, -0.25) is 4.90 Å². The van der Waals surface area contributed by atoms with Crippen LogP contribution in [0.25, 0.3) is 0 Å². The van der Waals surface area contributed by atoms with Crippen molar-refractivity contribution in [2.75, 3.05) is 53.6 Å². The van der Waals surface area contributed by atoms with Gasteiger partial charge in [0.1, 0.15) is 0 Å². The Bertz CT molecular complexity index is 390. The smallest absolute Gasteiger partial charge is 0.0589 e. The second kappa shape index (κ2) is 8.37. The molecule has 4 heteroatoms. The Labute approximate surface area is 122 Å². The van der Waals surface area contributed by atoms with Gasteiger partial charge in [0, 0.05) is 39.9 Å². The molecule has 0 saturated heterocycles. The molecule has 1 N–H and O–H groups in total. The third kappa shape index (κ3) is 4.28. The standard InChI is InChI=1S/C16H26N2O2/c1-19-11-9-18(10-12-20-2)13-16-15-6-4-3-5-14(15)7-8-17-16/h3-6,16-17H,7-13H2,1-2H3. The lowest BCUT2D eigenvalue weighted by Gasteiger charge is -2.32. The zero-order valence-electron chi connectivity index (χ0n) is 12.6. The van der Waals surface area contributed by atoms with Crippen LogP contribution in [0.15, 0.2) is 24.3 Å². The Morgan fingerprint density at radius 3 is 2.55 bits per heavy atom. The largest absolute Gasteiger partial charge is 0.383 e. The van der Waals surface area contributed by atoms with E-state index in [4.69, 9.17) is 9.47 Å². The second-order valence-electron chi connectivity index (χ2n) is 5.24. The zero-order valence-corrected chi connectivity index (χ0v) is 12.6. The monoisotopic (exact) mass is 278 g/mol. The summed E-state index contributed by atoms with van der Waals surface area (Å²) in [5.41, 5.74) is 2.92. The van der Waals surface area contributed by atoms with E-state index in [0.29, 0.717) is 6.04 Å². The highest BCUT2D eigenvalue weighted by molar-refractivity contribution is 5.32. The van der Waals surface area contributed by atoms with Gasteiger partial charge in [0.2, 0.25) is 0 Å². The van der Waals surface area contributed by atoms with E-state index in [9.17, 15) is 0 Å². The van der Waals surface area contributed by atoms with Crippen molar-refractivity contribution in [3.05, 3.63) is 35.4 Å². The fraction of sp³-hybridized carbons (Fsp3) is 0.625. The predicted octanol–water partition coefficient (Wildman–Crippen LogP) is 1.47. The Kier molecular flexibility index (Phi) is 6.47. The maximum Gasteiger partial charge on any atom is 0.0589 e. The summed E-state index contributed by atoms with van der Waals surface area (Å²) in [4.78, 5) is 2.41. The molecule has 0 spiro atoms. The summed E-state index contributed by atoms with van der Waals surface area (Å²) in [6.07, 6.45) is 1.13. The fourth-order valence-corrected chi connectivity index (χ4v) is 2.75. The molecule has 0 amide bonds. The molecule has 0 aromatic heterocycles. The lowest BCUT2D eigenvalue weighted by molar-refractivity contribution is 0.107. The summed E-state index contributed by atoms with van der Waals surface area (Å²) in [6.45, 7) is 5.48. The molecule has 0 saturated carbocycles. The van der Waals surface area contributed by atoms with Crippen LogP contribution in [0.2, 0.25) is 0 Å². The number of hydrogen-bond donors (Lipinski definition) is 1. The highest BCUT2D eigenvalue weighted by atomic mass is 16.5. The first kappa shape index (κ1) is 15.4. The predicted molar refractivity (Wildman–Crippen MR) is 81.1 cm³/mol. The molecule has 2 rings (SSSR count). The minimum absolute atomic E-state index is 0.411. The first-order chi connectivity index (χ1) is 9.85. The third-order valence-corrected chi connectivity index (χ3v) is 3.88. The van der Waals surface area contributed by atoms with Crippen molar-refractivity contribution in [2.24, 2.45) is 0 Å². The van der Waals surface area contributed by atoms with Crippen molar-refractivity contribution in [2.45, 2.75) is 12.5 Å². The minimum Gasteiger partial charge on any atom is -0.383 e. The normalized spacial score (nSPS) is 18.2. The molecule has 1 heterocycles. The van der Waals surface area contributed by atoms with Gasteiger partial charge >= 0.3 is 0 Å². The van der Waals surface area contributed by atoms with Crippen LogP contribution in [0, 0.1) is 0 Å². The Hall–Kier alpha value is -0.940. The number of nitrogens with one attached hydrogen (secondary N) is 1. The van der Waals surface area contributed by atoms with Gasteiger partial charge in [-0.15, -0.1) is 0 Å². The average Bonchev–Trinajstić information content (AvgIpc) is 2.50. The van der Waals surface area contributed by atoms with Crippen LogP contribution in [-0.2, 0) is 15.9 Å². The van der Waals surface area contributed by atoms with E-state index in [-0.39, 0.29) is 0 Å². The van der Waals surface area contributed by atoms with Crippen LogP contribution in [0.5, 0.6) is 0 Å². The van der Waals surface area contributed by atoms with E-state index >= 15 is 0 Å². The number of nitrogens with zero attached hydrogens (tertiary/aromatic N) is 1. The molecule has 1 aromatic carbocycles. The zero-order chi connectivity index (χ0) is 14.2. The molecular formula is C16H26N2O2. The number of methoxy groups -OCH3 is 2. The van der Waals surface area contributed by atoms with Crippen molar-refractivity contribution < 1.29 is 9.47 Å². The molecule has 0 aliphatic carbocycles. The molecule has 4 nitrogen and oxygen atoms in total. The number of fused-ring (bicyclic) bond motifs is 1. The molecule has 1 aromatic rings. The van der Waals surface area contributed by atoms with Gasteiger partial charge in [-0.05, 0) is 24.1 Å². The van der Waals surface area contributed by atoms with E-state index in [2.05, 4.69) is 34.5 Å². The van der Waals surface area contributed by atoms with E-state index < -0.39 is 0 Å². The Morgan fingerprint density at radius 2 is 1.85 bits per heavy atom.